The highest BCUT2D eigenvalue weighted by molar-refractivity contribution is 5.82. The summed E-state index contributed by atoms with van der Waals surface area (Å²) < 4.78 is 6.13. The third-order valence-electron chi connectivity index (χ3n) is 4.80. The highest BCUT2D eigenvalue weighted by Gasteiger charge is 2.27. The Kier molecular flexibility index (Phi) is 3.62. The molecular weight excluding hydrogens is 276 g/mol. The average Bonchev–Trinajstić information content (AvgIpc) is 3.33. The Balaban J connectivity index is 1.40. The first-order valence-corrected chi connectivity index (χ1v) is 8.28. The van der Waals surface area contributed by atoms with Crippen molar-refractivity contribution in [1.29, 1.82) is 0 Å². The number of likely N-dealkylation sites (tertiary alicyclic amines) is 1. The number of piperidine rings is 1. The van der Waals surface area contributed by atoms with Crippen molar-refractivity contribution in [2.75, 3.05) is 19.6 Å². The van der Waals surface area contributed by atoms with Gasteiger partial charge in [0, 0.05) is 31.2 Å². The van der Waals surface area contributed by atoms with Gasteiger partial charge in [-0.25, -0.2) is 0 Å². The smallest absolute Gasteiger partial charge is 0.255 e. The number of hydrogen-bond acceptors (Lipinski definition) is 3. The molecule has 0 radical (unpaired) electrons. The quantitative estimate of drug-likeness (QED) is 0.944. The molecule has 0 amide bonds. The fraction of sp³-hybridized carbons (Fsp3) is 0.500. The van der Waals surface area contributed by atoms with Gasteiger partial charge in [-0.1, -0.05) is 0 Å². The monoisotopic (exact) mass is 298 g/mol. The molecule has 0 bridgehead atoms. The van der Waals surface area contributed by atoms with Crippen LogP contribution in [0.25, 0.3) is 10.8 Å². The second-order valence-corrected chi connectivity index (χ2v) is 6.62. The first-order valence-electron chi connectivity index (χ1n) is 8.28. The van der Waals surface area contributed by atoms with Crippen molar-refractivity contribution in [2.24, 2.45) is 5.92 Å². The van der Waals surface area contributed by atoms with Gasteiger partial charge in [0.2, 0.25) is 0 Å². The molecule has 22 heavy (non-hydrogen) atoms. The second kappa shape index (κ2) is 5.76. The van der Waals surface area contributed by atoms with E-state index in [2.05, 4.69) is 9.88 Å². The Bertz CT molecular complexity index is 712. The normalized spacial score (nSPS) is 20.4. The Labute approximate surface area is 130 Å². The van der Waals surface area contributed by atoms with Gasteiger partial charge in [-0.05, 0) is 61.3 Å². The van der Waals surface area contributed by atoms with Crippen LogP contribution in [0, 0.1) is 5.92 Å². The van der Waals surface area contributed by atoms with Gasteiger partial charge in [0.25, 0.3) is 5.56 Å². The van der Waals surface area contributed by atoms with Crippen LogP contribution in [0.3, 0.4) is 0 Å². The van der Waals surface area contributed by atoms with Crippen LogP contribution >= 0.6 is 0 Å². The third-order valence-corrected chi connectivity index (χ3v) is 4.80. The molecule has 0 unspecified atom stereocenters. The third kappa shape index (κ3) is 3.02. The number of aromatic amines is 1. The average molecular weight is 298 g/mol. The number of aromatic nitrogens is 1. The molecule has 0 atom stereocenters. The molecule has 4 heteroatoms. The van der Waals surface area contributed by atoms with Gasteiger partial charge >= 0.3 is 0 Å². The lowest BCUT2D eigenvalue weighted by Gasteiger charge is -2.32. The van der Waals surface area contributed by atoms with Gasteiger partial charge in [0.1, 0.15) is 11.9 Å². The molecule has 1 N–H and O–H groups in total. The van der Waals surface area contributed by atoms with E-state index in [9.17, 15) is 4.79 Å². The van der Waals surface area contributed by atoms with E-state index in [-0.39, 0.29) is 5.56 Å². The SMILES string of the molecule is O=c1[nH]ccc2cc(OC3CCN(CC4CC4)CC3)ccc12. The first kappa shape index (κ1) is 13.8. The molecule has 116 valence electrons. The van der Waals surface area contributed by atoms with Gasteiger partial charge in [-0.2, -0.15) is 0 Å². The molecule has 2 heterocycles. The Morgan fingerprint density at radius 3 is 2.73 bits per heavy atom. The van der Waals surface area contributed by atoms with Crippen molar-refractivity contribution < 1.29 is 4.74 Å². The summed E-state index contributed by atoms with van der Waals surface area (Å²) in [6.07, 6.45) is 7.03. The zero-order chi connectivity index (χ0) is 14.9. The number of rotatable bonds is 4. The van der Waals surface area contributed by atoms with E-state index in [1.54, 1.807) is 6.20 Å². The summed E-state index contributed by atoms with van der Waals surface area (Å²) in [5.74, 6) is 1.84. The molecule has 2 fully saturated rings. The summed E-state index contributed by atoms with van der Waals surface area (Å²) in [5.41, 5.74) is -0.0440. The number of H-pyrrole nitrogens is 1. The predicted octanol–water partition coefficient (Wildman–Crippen LogP) is 2.78. The lowest BCUT2D eigenvalue weighted by molar-refractivity contribution is 0.0981. The summed E-state index contributed by atoms with van der Waals surface area (Å²) in [5, 5.41) is 1.65. The fourth-order valence-corrected chi connectivity index (χ4v) is 3.31. The van der Waals surface area contributed by atoms with Gasteiger partial charge in [0.15, 0.2) is 0 Å². The topological polar surface area (TPSA) is 45.3 Å². The lowest BCUT2D eigenvalue weighted by Crippen LogP contribution is -2.39. The fourth-order valence-electron chi connectivity index (χ4n) is 3.31. The number of fused-ring (bicyclic) bond motifs is 1. The number of nitrogens with zero attached hydrogens (tertiary/aromatic N) is 1. The number of benzene rings is 1. The Hall–Kier alpha value is -1.81. The van der Waals surface area contributed by atoms with Crippen molar-refractivity contribution in [3.05, 3.63) is 40.8 Å². The standard InChI is InChI=1S/C18H22N2O2/c21-18-17-4-3-16(11-14(17)5-8-19-18)22-15-6-9-20(10-7-15)12-13-1-2-13/h3-5,8,11,13,15H,1-2,6-7,9-10,12H2,(H,19,21). The van der Waals surface area contributed by atoms with Gasteiger partial charge < -0.3 is 14.6 Å². The van der Waals surface area contributed by atoms with E-state index < -0.39 is 0 Å². The molecule has 1 saturated heterocycles. The van der Waals surface area contributed by atoms with E-state index in [4.69, 9.17) is 4.74 Å². The molecular formula is C18H22N2O2. The Morgan fingerprint density at radius 2 is 1.95 bits per heavy atom. The van der Waals surface area contributed by atoms with Crippen LogP contribution in [0.1, 0.15) is 25.7 Å². The summed E-state index contributed by atoms with van der Waals surface area (Å²) >= 11 is 0. The number of pyridine rings is 1. The van der Waals surface area contributed by atoms with E-state index in [0.29, 0.717) is 11.5 Å². The molecule has 0 spiro atoms. The molecule has 4 rings (SSSR count). The highest BCUT2D eigenvalue weighted by Crippen LogP contribution is 2.31. The number of ether oxygens (including phenoxy) is 1. The lowest BCUT2D eigenvalue weighted by atomic mass is 10.1. The van der Waals surface area contributed by atoms with Gasteiger partial charge in [-0.3, -0.25) is 4.79 Å². The zero-order valence-electron chi connectivity index (χ0n) is 12.8. The zero-order valence-corrected chi connectivity index (χ0v) is 12.8. The van der Waals surface area contributed by atoms with Crippen molar-refractivity contribution >= 4 is 10.8 Å². The summed E-state index contributed by atoms with van der Waals surface area (Å²) in [4.78, 5) is 17.0. The molecule has 2 aliphatic rings. The van der Waals surface area contributed by atoms with Crippen molar-refractivity contribution in [3.63, 3.8) is 0 Å². The minimum absolute atomic E-state index is 0.0440. The molecule has 1 aliphatic carbocycles. The van der Waals surface area contributed by atoms with Gasteiger partial charge in [-0.15, -0.1) is 0 Å². The van der Waals surface area contributed by atoms with Crippen LogP contribution in [-0.2, 0) is 0 Å². The van der Waals surface area contributed by atoms with Crippen LogP contribution in [0.4, 0.5) is 0 Å². The maximum absolute atomic E-state index is 11.7. The minimum Gasteiger partial charge on any atom is -0.490 e. The Morgan fingerprint density at radius 1 is 1.14 bits per heavy atom. The van der Waals surface area contributed by atoms with Crippen LogP contribution < -0.4 is 10.3 Å². The summed E-state index contributed by atoms with van der Waals surface area (Å²) in [7, 11) is 0. The molecule has 4 nitrogen and oxygen atoms in total. The molecule has 1 aromatic carbocycles. The van der Waals surface area contributed by atoms with E-state index in [1.165, 1.54) is 19.4 Å². The van der Waals surface area contributed by atoms with E-state index in [0.717, 1.165) is 43.0 Å². The summed E-state index contributed by atoms with van der Waals surface area (Å²) in [6, 6.07) is 7.66. The van der Waals surface area contributed by atoms with Crippen molar-refractivity contribution in [1.82, 2.24) is 9.88 Å². The van der Waals surface area contributed by atoms with Crippen LogP contribution in [0.5, 0.6) is 5.75 Å². The minimum atomic E-state index is -0.0440. The molecule has 1 aliphatic heterocycles. The molecule has 2 aromatic rings. The maximum Gasteiger partial charge on any atom is 0.255 e. The van der Waals surface area contributed by atoms with Crippen molar-refractivity contribution in [3.8, 4) is 5.75 Å². The number of hydrogen-bond donors (Lipinski definition) is 1. The van der Waals surface area contributed by atoms with E-state index in [1.807, 2.05) is 24.3 Å². The van der Waals surface area contributed by atoms with Crippen LogP contribution in [0.2, 0.25) is 0 Å². The van der Waals surface area contributed by atoms with Crippen LogP contribution in [0.15, 0.2) is 35.3 Å². The van der Waals surface area contributed by atoms with E-state index >= 15 is 0 Å². The van der Waals surface area contributed by atoms with Crippen LogP contribution in [-0.4, -0.2) is 35.6 Å². The predicted molar refractivity (Wildman–Crippen MR) is 87.4 cm³/mol. The first-order chi connectivity index (χ1) is 10.8. The molecule has 1 saturated carbocycles. The maximum atomic E-state index is 11.7. The van der Waals surface area contributed by atoms with Gasteiger partial charge in [0.05, 0.1) is 0 Å². The molecule has 1 aromatic heterocycles. The summed E-state index contributed by atoms with van der Waals surface area (Å²) in [6.45, 7) is 3.58. The number of nitrogens with one attached hydrogen (secondary N) is 1. The second-order valence-electron chi connectivity index (χ2n) is 6.62. The van der Waals surface area contributed by atoms with Crippen molar-refractivity contribution in [2.45, 2.75) is 31.8 Å². The largest absolute Gasteiger partial charge is 0.490 e. The highest BCUT2D eigenvalue weighted by atomic mass is 16.5.